The van der Waals surface area contributed by atoms with Crippen LogP contribution in [0.25, 0.3) is 0 Å². The number of carbonyl (C=O) groups excluding carboxylic acids is 1. The summed E-state index contributed by atoms with van der Waals surface area (Å²) < 4.78 is 0.999. The summed E-state index contributed by atoms with van der Waals surface area (Å²) in [6.07, 6.45) is 0.317. The molecule has 0 N–H and O–H groups in total. The van der Waals surface area contributed by atoms with Gasteiger partial charge in [-0.15, -0.1) is 0 Å². The maximum Gasteiger partial charge on any atom is 0.167 e. The molecule has 0 aliphatic heterocycles. The summed E-state index contributed by atoms with van der Waals surface area (Å²) in [7, 11) is 0. The number of hydrogen-bond acceptors (Lipinski definition) is 1. The number of Topliss-reactive ketones (excluding diaryl/α,β-unsaturated/α-hetero) is 1. The fourth-order valence-electron chi connectivity index (χ4n) is 1.76. The van der Waals surface area contributed by atoms with Gasteiger partial charge in [-0.3, -0.25) is 4.79 Å². The van der Waals surface area contributed by atoms with Crippen LogP contribution in [-0.2, 0) is 6.42 Å². The van der Waals surface area contributed by atoms with Crippen LogP contribution in [0.5, 0.6) is 0 Å². The van der Waals surface area contributed by atoms with Crippen molar-refractivity contribution in [1.82, 2.24) is 0 Å². The van der Waals surface area contributed by atoms with Crippen LogP contribution < -0.4 is 0 Å². The Morgan fingerprint density at radius 2 is 1.84 bits per heavy atom. The summed E-state index contributed by atoms with van der Waals surface area (Å²) in [5.41, 5.74) is 2.60. The second-order valence-corrected chi connectivity index (χ2v) is 5.98. The molecule has 0 saturated heterocycles. The third-order valence-electron chi connectivity index (χ3n) is 2.83. The molecule has 0 aliphatic rings. The Morgan fingerprint density at radius 1 is 1.11 bits per heavy atom. The molecule has 0 unspecified atom stereocenters. The van der Waals surface area contributed by atoms with E-state index in [9.17, 15) is 4.79 Å². The molecule has 98 valence electrons. The molecule has 0 radical (unpaired) electrons. The lowest BCUT2D eigenvalue weighted by Crippen LogP contribution is -2.04. The summed E-state index contributed by atoms with van der Waals surface area (Å²) in [6.45, 7) is 1.96. The van der Waals surface area contributed by atoms with E-state index in [4.69, 9.17) is 23.2 Å². The molecule has 4 heteroatoms. The van der Waals surface area contributed by atoms with Gasteiger partial charge in [-0.25, -0.2) is 0 Å². The van der Waals surface area contributed by atoms with Crippen LogP contribution in [0.2, 0.25) is 10.0 Å². The molecule has 0 heterocycles. The summed E-state index contributed by atoms with van der Waals surface area (Å²) >= 11 is 15.2. The van der Waals surface area contributed by atoms with Crippen molar-refractivity contribution in [1.29, 1.82) is 0 Å². The summed E-state index contributed by atoms with van der Waals surface area (Å²) in [6, 6.07) is 10.8. The molecule has 0 saturated carbocycles. The van der Waals surface area contributed by atoms with Crippen molar-refractivity contribution < 1.29 is 4.79 Å². The largest absolute Gasteiger partial charge is 0.294 e. The Bertz CT molecular complexity index is 638. The van der Waals surface area contributed by atoms with Crippen LogP contribution in [0.15, 0.2) is 40.9 Å². The number of benzene rings is 2. The van der Waals surface area contributed by atoms with E-state index in [1.807, 2.05) is 31.2 Å². The smallest absolute Gasteiger partial charge is 0.167 e. The third kappa shape index (κ3) is 3.59. The fourth-order valence-corrected chi connectivity index (χ4v) is 2.32. The second kappa shape index (κ2) is 6.08. The van der Waals surface area contributed by atoms with Crippen LogP contribution >= 0.6 is 39.1 Å². The highest BCUT2D eigenvalue weighted by Gasteiger charge is 2.09. The molecule has 0 spiro atoms. The third-order valence-corrected chi connectivity index (χ3v) is 4.46. The van der Waals surface area contributed by atoms with E-state index in [-0.39, 0.29) is 5.78 Å². The lowest BCUT2D eigenvalue weighted by molar-refractivity contribution is 0.0993. The van der Waals surface area contributed by atoms with Gasteiger partial charge >= 0.3 is 0 Å². The van der Waals surface area contributed by atoms with Crippen LogP contribution in [0.3, 0.4) is 0 Å². The summed E-state index contributed by atoms with van der Waals surface area (Å²) in [5.74, 6) is 0.0639. The predicted molar refractivity (Wildman–Crippen MR) is 83.4 cm³/mol. The number of ketones is 1. The van der Waals surface area contributed by atoms with Crippen molar-refractivity contribution >= 4 is 44.9 Å². The lowest BCUT2D eigenvalue weighted by Gasteiger charge is -2.05. The standard InChI is InChI=1S/C15H11BrCl2O/c1-9-6-11(3-4-12(9)16)15(19)8-10-2-5-13(17)14(18)7-10/h2-7H,8H2,1H3. The Balaban J connectivity index is 2.20. The van der Waals surface area contributed by atoms with Gasteiger partial charge in [0.25, 0.3) is 0 Å². The highest BCUT2D eigenvalue weighted by molar-refractivity contribution is 9.10. The Labute approximate surface area is 130 Å². The van der Waals surface area contributed by atoms with Gasteiger partial charge in [-0.2, -0.15) is 0 Å². The molecule has 0 aliphatic carbocycles. The monoisotopic (exact) mass is 356 g/mol. The van der Waals surface area contributed by atoms with Gasteiger partial charge < -0.3 is 0 Å². The Morgan fingerprint density at radius 3 is 2.47 bits per heavy atom. The minimum atomic E-state index is 0.0639. The highest BCUT2D eigenvalue weighted by atomic mass is 79.9. The second-order valence-electron chi connectivity index (χ2n) is 4.31. The molecule has 0 aromatic heterocycles. The molecule has 0 atom stereocenters. The minimum Gasteiger partial charge on any atom is -0.294 e. The molecule has 1 nitrogen and oxygen atoms in total. The van der Waals surface area contributed by atoms with Gasteiger partial charge in [-0.1, -0.05) is 51.3 Å². The average Bonchev–Trinajstić information content (AvgIpc) is 2.37. The van der Waals surface area contributed by atoms with Crippen molar-refractivity contribution in [2.75, 3.05) is 0 Å². The number of rotatable bonds is 3. The zero-order valence-corrected chi connectivity index (χ0v) is 13.3. The van der Waals surface area contributed by atoms with Gasteiger partial charge in [0, 0.05) is 16.5 Å². The van der Waals surface area contributed by atoms with E-state index in [0.717, 1.165) is 15.6 Å². The van der Waals surface area contributed by atoms with Crippen molar-refractivity contribution in [3.05, 3.63) is 67.6 Å². The number of carbonyl (C=O) groups is 1. The number of halogens is 3. The zero-order chi connectivity index (χ0) is 14.0. The zero-order valence-electron chi connectivity index (χ0n) is 10.2. The van der Waals surface area contributed by atoms with Crippen LogP contribution in [-0.4, -0.2) is 5.78 Å². The van der Waals surface area contributed by atoms with Crippen LogP contribution in [0, 0.1) is 6.92 Å². The molecular formula is C15H11BrCl2O. The Kier molecular flexibility index (Phi) is 4.67. The van der Waals surface area contributed by atoms with Crippen LogP contribution in [0.1, 0.15) is 21.5 Å². The van der Waals surface area contributed by atoms with E-state index in [1.54, 1.807) is 12.1 Å². The normalized spacial score (nSPS) is 10.5. The molecule has 2 rings (SSSR count). The predicted octanol–water partition coefficient (Wildman–Crippen LogP) is 5.49. The number of hydrogen-bond donors (Lipinski definition) is 0. The van der Waals surface area contributed by atoms with Gasteiger partial charge in [0.1, 0.15) is 0 Å². The van der Waals surface area contributed by atoms with E-state index < -0.39 is 0 Å². The van der Waals surface area contributed by atoms with Crippen molar-refractivity contribution in [2.45, 2.75) is 13.3 Å². The average molecular weight is 358 g/mol. The highest BCUT2D eigenvalue weighted by Crippen LogP contribution is 2.24. The van der Waals surface area contributed by atoms with E-state index in [0.29, 0.717) is 22.0 Å². The van der Waals surface area contributed by atoms with Gasteiger partial charge in [-0.05, 0) is 42.3 Å². The first-order valence-corrected chi connectivity index (χ1v) is 7.25. The van der Waals surface area contributed by atoms with E-state index in [1.165, 1.54) is 0 Å². The van der Waals surface area contributed by atoms with E-state index >= 15 is 0 Å². The van der Waals surface area contributed by atoms with Crippen molar-refractivity contribution in [3.8, 4) is 0 Å². The SMILES string of the molecule is Cc1cc(C(=O)Cc2ccc(Cl)c(Cl)c2)ccc1Br. The first-order valence-electron chi connectivity index (χ1n) is 5.70. The molecular weight excluding hydrogens is 347 g/mol. The molecule has 0 bridgehead atoms. The fraction of sp³-hybridized carbons (Fsp3) is 0.133. The van der Waals surface area contributed by atoms with Gasteiger partial charge in [0.05, 0.1) is 10.0 Å². The maximum atomic E-state index is 12.2. The first kappa shape index (κ1) is 14.6. The van der Waals surface area contributed by atoms with E-state index in [2.05, 4.69) is 15.9 Å². The van der Waals surface area contributed by atoms with Crippen molar-refractivity contribution in [3.63, 3.8) is 0 Å². The van der Waals surface area contributed by atoms with Gasteiger partial charge in [0.15, 0.2) is 5.78 Å². The molecule has 19 heavy (non-hydrogen) atoms. The molecule has 0 fully saturated rings. The topological polar surface area (TPSA) is 17.1 Å². The quantitative estimate of drug-likeness (QED) is 0.664. The molecule has 2 aromatic carbocycles. The van der Waals surface area contributed by atoms with Crippen LogP contribution in [0.4, 0.5) is 0 Å². The van der Waals surface area contributed by atoms with Crippen molar-refractivity contribution in [2.24, 2.45) is 0 Å². The lowest BCUT2D eigenvalue weighted by atomic mass is 10.0. The Hall–Kier alpha value is -0.830. The maximum absolute atomic E-state index is 12.2. The number of aryl methyl sites for hydroxylation is 1. The van der Waals surface area contributed by atoms with Gasteiger partial charge in [0.2, 0.25) is 0 Å². The molecule has 0 amide bonds. The molecule has 2 aromatic rings. The minimum absolute atomic E-state index is 0.0639. The summed E-state index contributed by atoms with van der Waals surface area (Å²) in [4.78, 5) is 12.2. The first-order chi connectivity index (χ1) is 8.97. The summed E-state index contributed by atoms with van der Waals surface area (Å²) in [5, 5.41) is 0.969.